The molecule has 0 aliphatic carbocycles. The van der Waals surface area contributed by atoms with Gasteiger partial charge in [-0.25, -0.2) is 8.42 Å². The van der Waals surface area contributed by atoms with Crippen LogP contribution >= 0.6 is 11.6 Å². The topological polar surface area (TPSA) is 55.4 Å². The van der Waals surface area contributed by atoms with E-state index in [4.69, 9.17) is 16.3 Å². The zero-order valence-electron chi connectivity index (χ0n) is 8.73. The first-order valence-corrected chi connectivity index (χ1v) is 6.76. The van der Waals surface area contributed by atoms with E-state index in [1.54, 1.807) is 6.07 Å². The van der Waals surface area contributed by atoms with Gasteiger partial charge in [0, 0.05) is 13.1 Å². The monoisotopic (exact) mass is 261 g/mol. The van der Waals surface area contributed by atoms with E-state index in [0.717, 1.165) is 0 Å². The molecule has 1 saturated heterocycles. The highest BCUT2D eigenvalue weighted by molar-refractivity contribution is 7.92. The molecule has 0 bridgehead atoms. The average Bonchev–Trinajstić information content (AvgIpc) is 2.14. The summed E-state index contributed by atoms with van der Waals surface area (Å²) in [5.74, 6) is 0.479. The maximum Gasteiger partial charge on any atom is 0.183 e. The molecule has 1 aromatic rings. The van der Waals surface area contributed by atoms with E-state index in [9.17, 15) is 8.42 Å². The molecule has 4 nitrogen and oxygen atoms in total. The summed E-state index contributed by atoms with van der Waals surface area (Å²) in [4.78, 5) is 0.254. The van der Waals surface area contributed by atoms with Crippen molar-refractivity contribution in [3.05, 3.63) is 23.2 Å². The van der Waals surface area contributed by atoms with Crippen LogP contribution in [0.2, 0.25) is 5.02 Å². The maximum atomic E-state index is 12.0. The van der Waals surface area contributed by atoms with Crippen LogP contribution in [0.1, 0.15) is 0 Å². The molecule has 1 N–H and O–H groups in total. The van der Waals surface area contributed by atoms with Crippen LogP contribution in [0, 0.1) is 0 Å². The number of benzene rings is 1. The Morgan fingerprint density at radius 2 is 2.12 bits per heavy atom. The largest absolute Gasteiger partial charge is 0.495 e. The molecule has 88 valence electrons. The van der Waals surface area contributed by atoms with Gasteiger partial charge >= 0.3 is 0 Å². The van der Waals surface area contributed by atoms with Crippen molar-refractivity contribution >= 4 is 21.4 Å². The second-order valence-corrected chi connectivity index (χ2v) is 6.26. The van der Waals surface area contributed by atoms with Gasteiger partial charge in [-0.15, -0.1) is 0 Å². The van der Waals surface area contributed by atoms with E-state index < -0.39 is 9.84 Å². The lowest BCUT2D eigenvalue weighted by atomic mass is 10.3. The van der Waals surface area contributed by atoms with E-state index in [2.05, 4.69) is 5.32 Å². The molecule has 0 atom stereocenters. The van der Waals surface area contributed by atoms with Gasteiger partial charge in [0.05, 0.1) is 22.3 Å². The maximum absolute atomic E-state index is 12.0. The Hall–Kier alpha value is -0.780. The van der Waals surface area contributed by atoms with E-state index in [0.29, 0.717) is 23.9 Å². The van der Waals surface area contributed by atoms with Gasteiger partial charge in [-0.3, -0.25) is 0 Å². The Bertz CT molecular complexity index is 497. The van der Waals surface area contributed by atoms with Crippen molar-refractivity contribution in [3.8, 4) is 5.75 Å². The molecule has 0 amide bonds. The third-order valence-corrected chi connectivity index (χ3v) is 5.05. The first-order chi connectivity index (χ1) is 7.55. The van der Waals surface area contributed by atoms with E-state index in [1.807, 2.05) is 0 Å². The number of nitrogens with one attached hydrogen (secondary N) is 1. The van der Waals surface area contributed by atoms with Crippen LogP contribution in [-0.2, 0) is 9.84 Å². The number of hydrogen-bond acceptors (Lipinski definition) is 4. The Morgan fingerprint density at radius 3 is 2.56 bits per heavy atom. The molecule has 1 aliphatic rings. The lowest BCUT2D eigenvalue weighted by Crippen LogP contribution is -2.51. The predicted molar refractivity (Wildman–Crippen MR) is 61.8 cm³/mol. The molecule has 1 aromatic carbocycles. The van der Waals surface area contributed by atoms with Crippen LogP contribution in [0.3, 0.4) is 0 Å². The van der Waals surface area contributed by atoms with Gasteiger partial charge in [0.2, 0.25) is 0 Å². The molecular formula is C10H12ClNO3S. The molecule has 0 radical (unpaired) electrons. The van der Waals surface area contributed by atoms with Crippen molar-refractivity contribution < 1.29 is 13.2 Å². The summed E-state index contributed by atoms with van der Waals surface area (Å²) in [5, 5.41) is 2.92. The van der Waals surface area contributed by atoms with Gasteiger partial charge in [-0.1, -0.05) is 11.6 Å². The third-order valence-electron chi connectivity index (χ3n) is 2.63. The van der Waals surface area contributed by atoms with Gasteiger partial charge in [-0.05, 0) is 18.2 Å². The molecule has 2 rings (SSSR count). The minimum atomic E-state index is -3.25. The Labute approximate surface area is 99.5 Å². The summed E-state index contributed by atoms with van der Waals surface area (Å²) < 4.78 is 29.0. The van der Waals surface area contributed by atoms with Crippen molar-refractivity contribution in [2.24, 2.45) is 0 Å². The van der Waals surface area contributed by atoms with Gasteiger partial charge in [0.15, 0.2) is 9.84 Å². The molecular weight excluding hydrogens is 250 g/mol. The molecule has 0 unspecified atom stereocenters. The molecule has 0 saturated carbocycles. The van der Waals surface area contributed by atoms with E-state index >= 15 is 0 Å². The highest BCUT2D eigenvalue weighted by Gasteiger charge is 2.32. The highest BCUT2D eigenvalue weighted by Crippen LogP contribution is 2.29. The van der Waals surface area contributed by atoms with Gasteiger partial charge < -0.3 is 10.1 Å². The van der Waals surface area contributed by atoms with Gasteiger partial charge in [0.1, 0.15) is 5.75 Å². The molecule has 1 aliphatic heterocycles. The van der Waals surface area contributed by atoms with Crippen molar-refractivity contribution in [1.82, 2.24) is 5.32 Å². The fourth-order valence-electron chi connectivity index (χ4n) is 1.50. The number of hydrogen-bond donors (Lipinski definition) is 1. The number of ether oxygens (including phenoxy) is 1. The second kappa shape index (κ2) is 4.24. The minimum absolute atomic E-state index is 0.254. The van der Waals surface area contributed by atoms with Crippen LogP contribution in [0.5, 0.6) is 5.75 Å². The number of halogens is 1. The zero-order valence-corrected chi connectivity index (χ0v) is 10.3. The minimum Gasteiger partial charge on any atom is -0.495 e. The highest BCUT2D eigenvalue weighted by atomic mass is 35.5. The molecule has 6 heteroatoms. The average molecular weight is 262 g/mol. The van der Waals surface area contributed by atoms with E-state index in [1.165, 1.54) is 19.2 Å². The quantitative estimate of drug-likeness (QED) is 0.885. The normalized spacial score (nSPS) is 16.9. The smallest absolute Gasteiger partial charge is 0.183 e. The standard InChI is InChI=1S/C10H12ClNO3S/c1-15-10-3-2-7(4-9(10)11)16(13,14)8-5-12-6-8/h2-4,8,12H,5-6H2,1H3. The van der Waals surface area contributed by atoms with Crippen LogP contribution in [0.15, 0.2) is 23.1 Å². The number of methoxy groups -OCH3 is 1. The molecule has 1 fully saturated rings. The summed E-state index contributed by atoms with van der Waals surface area (Å²) >= 11 is 5.90. The van der Waals surface area contributed by atoms with Crippen LogP contribution in [0.4, 0.5) is 0 Å². The summed E-state index contributed by atoms with van der Waals surface area (Å²) in [6, 6.07) is 4.54. The molecule has 0 spiro atoms. The lowest BCUT2D eigenvalue weighted by molar-refractivity contribution is 0.414. The molecule has 1 heterocycles. The SMILES string of the molecule is COc1ccc(S(=O)(=O)C2CNC2)cc1Cl. The fourth-order valence-corrected chi connectivity index (χ4v) is 3.42. The van der Waals surface area contributed by atoms with Crippen molar-refractivity contribution in [3.63, 3.8) is 0 Å². The Balaban J connectivity index is 2.37. The summed E-state index contributed by atoms with van der Waals surface area (Å²) in [5.41, 5.74) is 0. The summed E-state index contributed by atoms with van der Waals surface area (Å²) in [6.45, 7) is 1.01. The van der Waals surface area contributed by atoms with Crippen molar-refractivity contribution in [2.45, 2.75) is 10.1 Å². The van der Waals surface area contributed by atoms with Crippen molar-refractivity contribution in [1.29, 1.82) is 0 Å². The van der Waals surface area contributed by atoms with Crippen LogP contribution < -0.4 is 10.1 Å². The number of rotatable bonds is 3. The first-order valence-electron chi connectivity index (χ1n) is 4.84. The predicted octanol–water partition coefficient (Wildman–Crippen LogP) is 1.09. The second-order valence-electron chi connectivity index (χ2n) is 3.62. The lowest BCUT2D eigenvalue weighted by Gasteiger charge is -2.26. The summed E-state index contributed by atoms with van der Waals surface area (Å²) in [6.07, 6.45) is 0. The van der Waals surface area contributed by atoms with Gasteiger partial charge in [-0.2, -0.15) is 0 Å². The fraction of sp³-hybridized carbons (Fsp3) is 0.400. The zero-order chi connectivity index (χ0) is 11.8. The van der Waals surface area contributed by atoms with Crippen molar-refractivity contribution in [2.75, 3.05) is 20.2 Å². The van der Waals surface area contributed by atoms with Crippen LogP contribution in [0.25, 0.3) is 0 Å². The third kappa shape index (κ3) is 1.90. The number of sulfone groups is 1. The Kier molecular flexibility index (Phi) is 3.10. The molecule has 0 aromatic heterocycles. The van der Waals surface area contributed by atoms with Gasteiger partial charge in [0.25, 0.3) is 0 Å². The first kappa shape index (κ1) is 11.7. The summed E-state index contributed by atoms with van der Waals surface area (Å²) in [7, 11) is -1.76. The Morgan fingerprint density at radius 1 is 1.44 bits per heavy atom. The molecule has 16 heavy (non-hydrogen) atoms. The van der Waals surface area contributed by atoms with Crippen LogP contribution in [-0.4, -0.2) is 33.9 Å². The van der Waals surface area contributed by atoms with E-state index in [-0.39, 0.29) is 10.1 Å².